The molecule has 0 amide bonds. The third-order valence-electron chi connectivity index (χ3n) is 10.8. The van der Waals surface area contributed by atoms with Gasteiger partial charge in [-0.2, -0.15) is 0 Å². The van der Waals surface area contributed by atoms with Gasteiger partial charge in [-0.3, -0.25) is 14.4 Å². The number of hydrogen-bond acceptors (Lipinski definition) is 14. The van der Waals surface area contributed by atoms with Crippen molar-refractivity contribution in [1.82, 2.24) is 0 Å². The average molecular weight is 678 g/mol. The summed E-state index contributed by atoms with van der Waals surface area (Å²) in [7, 11) is 0. The molecule has 5 aliphatic rings. The van der Waals surface area contributed by atoms with E-state index in [9.17, 15) is 34.4 Å². The number of aliphatic hydroxyl groups is 1. The van der Waals surface area contributed by atoms with E-state index in [1.165, 1.54) is 12.2 Å². The van der Waals surface area contributed by atoms with Crippen LogP contribution in [0.5, 0.6) is 0 Å². The molecule has 1 N–H and O–H groups in total. The molecule has 0 aromatic heterocycles. The van der Waals surface area contributed by atoms with Crippen LogP contribution in [0.1, 0.15) is 66.2 Å². The molecule has 5 rings (SSSR count). The summed E-state index contributed by atoms with van der Waals surface area (Å²) in [4.78, 5) is 64.5. The van der Waals surface area contributed by atoms with E-state index in [0.29, 0.717) is 12.8 Å². The van der Waals surface area contributed by atoms with Crippen LogP contribution >= 0.6 is 0 Å². The summed E-state index contributed by atoms with van der Waals surface area (Å²) in [5, 5.41) is 20.9. The van der Waals surface area contributed by atoms with Gasteiger partial charge in [-0.1, -0.05) is 38.8 Å². The summed E-state index contributed by atoms with van der Waals surface area (Å²) < 4.78 is 32.4. The van der Waals surface area contributed by atoms with Crippen LogP contribution in [-0.2, 0) is 42.8 Å². The lowest BCUT2D eigenvalue weighted by Gasteiger charge is -2.59. The maximum Gasteiger partial charge on any atom is 0.510 e. The van der Waals surface area contributed by atoms with Crippen molar-refractivity contribution < 1.29 is 62.6 Å². The van der Waals surface area contributed by atoms with Gasteiger partial charge in [-0.25, -0.2) is 9.59 Å². The van der Waals surface area contributed by atoms with Crippen LogP contribution < -0.4 is 0 Å². The quantitative estimate of drug-likeness (QED) is 0.102. The third-order valence-corrected chi connectivity index (χ3v) is 10.8. The SMILES string of the molecule is CCCC1O[C@@H]2C[C@H]3[C@@H]4CCC5=CC(=O)C=C[C@]5(C)[C@H]4[C@@H](O)C[C@]3(C)[C@]2(C(=O)COC(=O)OCC=CCOC(=O)OC(C)O[N+](=O)[O-])O1. The summed E-state index contributed by atoms with van der Waals surface area (Å²) in [6, 6.07) is 0. The second-order valence-corrected chi connectivity index (χ2v) is 13.5. The topological polar surface area (TPSA) is 196 Å². The highest BCUT2D eigenvalue weighted by Crippen LogP contribution is 2.69. The first kappa shape index (κ1) is 35.5. The highest BCUT2D eigenvalue weighted by atomic mass is 17.0. The van der Waals surface area contributed by atoms with E-state index < -0.39 is 71.0 Å². The molecule has 2 unspecified atom stereocenters. The van der Waals surface area contributed by atoms with E-state index in [2.05, 4.69) is 16.5 Å². The number of carbonyl (C=O) groups is 4. The van der Waals surface area contributed by atoms with Gasteiger partial charge in [0, 0.05) is 16.7 Å². The zero-order valence-electron chi connectivity index (χ0n) is 27.5. The Morgan fingerprint density at radius 1 is 1.17 bits per heavy atom. The number of fused-ring (bicyclic) bond motifs is 7. The third kappa shape index (κ3) is 6.47. The molecule has 0 spiro atoms. The second kappa shape index (κ2) is 14.0. The van der Waals surface area contributed by atoms with Crippen molar-refractivity contribution >= 4 is 23.9 Å². The van der Waals surface area contributed by atoms with Crippen LogP contribution in [0.4, 0.5) is 9.59 Å². The Balaban J connectivity index is 1.21. The summed E-state index contributed by atoms with van der Waals surface area (Å²) in [5.41, 5.74) is -1.69. The summed E-state index contributed by atoms with van der Waals surface area (Å²) in [6.07, 6.45) is 5.85. The molecule has 48 heavy (non-hydrogen) atoms. The Morgan fingerprint density at radius 2 is 1.88 bits per heavy atom. The Morgan fingerprint density at radius 3 is 2.56 bits per heavy atom. The van der Waals surface area contributed by atoms with Gasteiger partial charge in [0.25, 0.3) is 5.09 Å². The largest absolute Gasteiger partial charge is 0.510 e. The predicted molar refractivity (Wildman–Crippen MR) is 162 cm³/mol. The Bertz CT molecular complexity index is 1390. The molecule has 10 atom stereocenters. The number of ketones is 2. The Labute approximate surface area is 277 Å². The first-order chi connectivity index (χ1) is 22.7. The number of nitrogens with zero attached hydrogens (tertiary/aromatic N) is 1. The normalized spacial score (nSPS) is 36.9. The van der Waals surface area contributed by atoms with Gasteiger partial charge in [-0.15, -0.1) is 10.1 Å². The number of allylic oxidation sites excluding steroid dienone is 4. The summed E-state index contributed by atoms with van der Waals surface area (Å²) in [6.45, 7) is 6.04. The maximum atomic E-state index is 14.2. The monoisotopic (exact) mass is 677 g/mol. The van der Waals surface area contributed by atoms with E-state index in [1.54, 1.807) is 12.2 Å². The second-order valence-electron chi connectivity index (χ2n) is 13.5. The fraction of sp³-hybridized carbons (Fsp3) is 0.697. The van der Waals surface area contributed by atoms with E-state index in [0.717, 1.165) is 31.8 Å². The lowest BCUT2D eigenvalue weighted by Crippen LogP contribution is -2.63. The Hall–Kier alpha value is -3.82. The van der Waals surface area contributed by atoms with Crippen LogP contribution in [-0.4, -0.2) is 84.3 Å². The number of aliphatic hydroxyl groups excluding tert-OH is 1. The zero-order valence-corrected chi connectivity index (χ0v) is 27.5. The van der Waals surface area contributed by atoms with Crippen LogP contribution in [0.15, 0.2) is 36.0 Å². The molecule has 264 valence electrons. The molecule has 4 fully saturated rings. The molecular formula is C33H43NO14. The van der Waals surface area contributed by atoms with Gasteiger partial charge < -0.3 is 33.5 Å². The van der Waals surface area contributed by atoms with Crippen molar-refractivity contribution in [3.63, 3.8) is 0 Å². The lowest BCUT2D eigenvalue weighted by molar-refractivity contribution is -0.777. The number of Topliss-reactive ketones (excluding diaryl/α,β-unsaturated/α-hetero) is 1. The average Bonchev–Trinajstić information content (AvgIpc) is 3.49. The molecule has 1 aliphatic heterocycles. The van der Waals surface area contributed by atoms with Gasteiger partial charge in [0.2, 0.25) is 12.1 Å². The van der Waals surface area contributed by atoms with Gasteiger partial charge >= 0.3 is 12.3 Å². The van der Waals surface area contributed by atoms with E-state index in [4.69, 9.17) is 23.7 Å². The molecule has 0 aromatic rings. The minimum absolute atomic E-state index is 0.0211. The molecule has 1 heterocycles. The number of hydrogen-bond donors (Lipinski definition) is 1. The highest BCUT2D eigenvalue weighted by Gasteiger charge is 2.75. The van der Waals surface area contributed by atoms with E-state index >= 15 is 0 Å². The van der Waals surface area contributed by atoms with Crippen molar-refractivity contribution in [3.05, 3.63) is 46.1 Å². The summed E-state index contributed by atoms with van der Waals surface area (Å²) in [5.74, 6) is -0.611. The smallest absolute Gasteiger partial charge is 0.430 e. The van der Waals surface area contributed by atoms with Crippen molar-refractivity contribution in [1.29, 1.82) is 0 Å². The van der Waals surface area contributed by atoms with E-state index in [1.807, 2.05) is 19.9 Å². The van der Waals surface area contributed by atoms with Crippen molar-refractivity contribution in [2.24, 2.45) is 28.6 Å². The number of carbonyl (C=O) groups excluding carboxylic acids is 4. The van der Waals surface area contributed by atoms with Gasteiger partial charge in [-0.05, 0) is 75.2 Å². The molecule has 0 radical (unpaired) electrons. The van der Waals surface area contributed by atoms with Gasteiger partial charge in [0.15, 0.2) is 24.3 Å². The zero-order chi connectivity index (χ0) is 34.9. The molecule has 15 nitrogen and oxygen atoms in total. The van der Waals surface area contributed by atoms with Crippen LogP contribution in [0.2, 0.25) is 0 Å². The molecule has 1 saturated heterocycles. The minimum atomic E-state index is -1.45. The fourth-order valence-electron chi connectivity index (χ4n) is 8.96. The van der Waals surface area contributed by atoms with Crippen LogP contribution in [0, 0.1) is 38.7 Å². The predicted octanol–water partition coefficient (Wildman–Crippen LogP) is 4.14. The molecule has 15 heteroatoms. The Kier molecular flexibility index (Phi) is 10.3. The first-order valence-corrected chi connectivity index (χ1v) is 16.3. The van der Waals surface area contributed by atoms with E-state index in [-0.39, 0.29) is 43.2 Å². The highest BCUT2D eigenvalue weighted by molar-refractivity contribution is 6.01. The maximum absolute atomic E-state index is 14.2. The van der Waals surface area contributed by atoms with Crippen molar-refractivity contribution in [2.45, 2.75) is 96.6 Å². The minimum Gasteiger partial charge on any atom is -0.430 e. The molecule has 0 aromatic carbocycles. The molecule has 0 bridgehead atoms. The molecular weight excluding hydrogens is 634 g/mol. The number of rotatable bonds is 12. The first-order valence-electron chi connectivity index (χ1n) is 16.3. The standard InChI is InChI=1S/C33H43NO14/c1-5-8-27-46-26-16-23-22-10-9-20-15-21(35)11-12-31(20,3)28(22)24(36)17-32(23,4)33(26,47-27)25(37)18-44-29(38)42-13-6-7-14-43-30(39)45-19(2)48-34(40)41/h6-7,11-12,15,19,22-24,26-28,36H,5,8-10,13-14,16-18H2,1-4H3/t19?,22-,23-,24-,26+,27?,28+,31-,32-,33+/m0/s1. The molecule has 4 aliphatic carbocycles. The van der Waals surface area contributed by atoms with Crippen molar-refractivity contribution in [3.8, 4) is 0 Å². The van der Waals surface area contributed by atoms with Gasteiger partial charge in [0.05, 0.1) is 12.2 Å². The van der Waals surface area contributed by atoms with Gasteiger partial charge in [0.1, 0.15) is 13.2 Å². The lowest BCUT2D eigenvalue weighted by atomic mass is 9.46. The van der Waals surface area contributed by atoms with Crippen LogP contribution in [0.3, 0.4) is 0 Å². The number of ether oxygens (including phenoxy) is 6. The van der Waals surface area contributed by atoms with Crippen LogP contribution in [0.25, 0.3) is 0 Å². The van der Waals surface area contributed by atoms with Crippen molar-refractivity contribution in [2.75, 3.05) is 19.8 Å². The summed E-state index contributed by atoms with van der Waals surface area (Å²) >= 11 is 0. The fourth-order valence-corrected chi connectivity index (χ4v) is 8.96. The molecule has 3 saturated carbocycles.